The molecule has 0 spiro atoms. The van der Waals surface area contributed by atoms with Gasteiger partial charge < -0.3 is 25.7 Å². The number of unbranched alkanes of at least 4 members (excludes halogenated alkanes) is 23. The molecular formula is C47H87NO5. The molecule has 0 aliphatic carbocycles. The molecule has 0 aromatic carbocycles. The Morgan fingerprint density at radius 1 is 0.453 bits per heavy atom. The fraction of sp³-hybridized carbons (Fsp3) is 0.809. The maximum atomic E-state index is 12.5. The third-order valence-electron chi connectivity index (χ3n) is 10.2. The van der Waals surface area contributed by atoms with Crippen LogP contribution in [0.3, 0.4) is 0 Å². The summed E-state index contributed by atoms with van der Waals surface area (Å²) in [4.78, 5) is 12.5. The molecule has 0 bridgehead atoms. The summed E-state index contributed by atoms with van der Waals surface area (Å²) < 4.78 is 0. The van der Waals surface area contributed by atoms with Crippen LogP contribution < -0.4 is 5.32 Å². The van der Waals surface area contributed by atoms with Crippen LogP contribution in [0.15, 0.2) is 48.6 Å². The van der Waals surface area contributed by atoms with Gasteiger partial charge in [-0.15, -0.1) is 0 Å². The number of amides is 1. The van der Waals surface area contributed by atoms with E-state index in [4.69, 9.17) is 0 Å². The van der Waals surface area contributed by atoms with E-state index in [1.165, 1.54) is 116 Å². The molecule has 1 amide bonds. The van der Waals surface area contributed by atoms with Crippen LogP contribution in [0.4, 0.5) is 0 Å². The predicted octanol–water partition coefficient (Wildman–Crippen LogP) is 11.9. The van der Waals surface area contributed by atoms with E-state index in [1.807, 2.05) is 0 Å². The first kappa shape index (κ1) is 51.3. The zero-order chi connectivity index (χ0) is 38.9. The summed E-state index contributed by atoms with van der Waals surface area (Å²) >= 11 is 0. The summed E-state index contributed by atoms with van der Waals surface area (Å²) in [6.07, 6.45) is 50.0. The standard InChI is InChI=1S/C47H87NO5/c1-3-5-7-9-11-13-15-17-19-21-22-23-25-26-28-30-32-34-36-38-40-44(50)46(52)43(42-49)48-47(53)45(51)41-39-37-35-33-31-29-27-24-20-18-16-14-12-10-8-6-4-2/h19,21,25-27,29,32,34,43-46,49-52H,3-18,20,22-24,28,30-31,33,35-42H2,1-2H3,(H,48,53)/b21-19+,26-25+,29-27-,34-32+. The van der Waals surface area contributed by atoms with Crippen LogP contribution in [0, 0.1) is 0 Å². The van der Waals surface area contributed by atoms with Gasteiger partial charge >= 0.3 is 0 Å². The number of aliphatic hydroxyl groups is 4. The van der Waals surface area contributed by atoms with Gasteiger partial charge in [0.05, 0.1) is 18.8 Å². The Morgan fingerprint density at radius 2 is 0.792 bits per heavy atom. The fourth-order valence-corrected chi connectivity index (χ4v) is 6.61. The summed E-state index contributed by atoms with van der Waals surface area (Å²) in [7, 11) is 0. The second-order valence-electron chi connectivity index (χ2n) is 15.4. The number of aliphatic hydroxyl groups excluding tert-OH is 4. The quantitative estimate of drug-likeness (QED) is 0.0317. The van der Waals surface area contributed by atoms with Crippen LogP contribution in [-0.2, 0) is 4.79 Å². The Balaban J connectivity index is 3.85. The highest BCUT2D eigenvalue weighted by Crippen LogP contribution is 2.14. The third-order valence-corrected chi connectivity index (χ3v) is 10.2. The highest BCUT2D eigenvalue weighted by Gasteiger charge is 2.28. The fourth-order valence-electron chi connectivity index (χ4n) is 6.61. The van der Waals surface area contributed by atoms with Gasteiger partial charge in [0.2, 0.25) is 5.91 Å². The predicted molar refractivity (Wildman–Crippen MR) is 228 cm³/mol. The van der Waals surface area contributed by atoms with Crippen molar-refractivity contribution in [2.75, 3.05) is 6.61 Å². The summed E-state index contributed by atoms with van der Waals surface area (Å²) in [5.41, 5.74) is 0. The molecule has 0 saturated carbocycles. The van der Waals surface area contributed by atoms with Gasteiger partial charge in [-0.25, -0.2) is 0 Å². The first-order chi connectivity index (χ1) is 26.0. The molecule has 0 radical (unpaired) electrons. The third kappa shape index (κ3) is 35.7. The zero-order valence-electron chi connectivity index (χ0n) is 34.8. The molecule has 0 aliphatic heterocycles. The number of rotatable bonds is 40. The molecule has 5 N–H and O–H groups in total. The molecule has 6 heteroatoms. The van der Waals surface area contributed by atoms with Crippen molar-refractivity contribution >= 4 is 5.91 Å². The first-order valence-corrected chi connectivity index (χ1v) is 22.5. The van der Waals surface area contributed by atoms with Gasteiger partial charge in [0, 0.05) is 0 Å². The van der Waals surface area contributed by atoms with Crippen molar-refractivity contribution < 1.29 is 25.2 Å². The van der Waals surface area contributed by atoms with Crippen molar-refractivity contribution in [3.8, 4) is 0 Å². The van der Waals surface area contributed by atoms with Gasteiger partial charge in [0.15, 0.2) is 0 Å². The average molecular weight is 746 g/mol. The van der Waals surface area contributed by atoms with E-state index in [0.717, 1.165) is 64.2 Å². The van der Waals surface area contributed by atoms with Gasteiger partial charge in [-0.3, -0.25) is 4.79 Å². The Labute approximate surface area is 328 Å². The normalized spacial score (nSPS) is 14.6. The molecule has 0 heterocycles. The Morgan fingerprint density at radius 3 is 1.19 bits per heavy atom. The van der Waals surface area contributed by atoms with Crippen LogP contribution in [0.1, 0.15) is 213 Å². The molecule has 6 nitrogen and oxygen atoms in total. The number of carbonyl (C=O) groups excluding carboxylic acids is 1. The summed E-state index contributed by atoms with van der Waals surface area (Å²) in [6.45, 7) is 4.02. The lowest BCUT2D eigenvalue weighted by Gasteiger charge is -2.27. The van der Waals surface area contributed by atoms with Crippen molar-refractivity contribution in [1.29, 1.82) is 0 Å². The average Bonchev–Trinajstić information content (AvgIpc) is 3.16. The van der Waals surface area contributed by atoms with Crippen LogP contribution in [-0.4, -0.2) is 57.3 Å². The monoisotopic (exact) mass is 746 g/mol. The van der Waals surface area contributed by atoms with E-state index in [9.17, 15) is 25.2 Å². The van der Waals surface area contributed by atoms with Crippen LogP contribution in [0.2, 0.25) is 0 Å². The molecule has 4 unspecified atom stereocenters. The second-order valence-corrected chi connectivity index (χ2v) is 15.4. The Kier molecular flexibility index (Phi) is 40.1. The molecule has 0 rings (SSSR count). The van der Waals surface area contributed by atoms with Crippen molar-refractivity contribution in [3.63, 3.8) is 0 Å². The summed E-state index contributed by atoms with van der Waals surface area (Å²) in [5.74, 6) is -0.609. The van der Waals surface area contributed by atoms with Crippen LogP contribution >= 0.6 is 0 Å². The Hall–Kier alpha value is -1.73. The van der Waals surface area contributed by atoms with Gasteiger partial charge in [-0.05, 0) is 89.9 Å². The number of hydrogen-bond donors (Lipinski definition) is 5. The van der Waals surface area contributed by atoms with Gasteiger partial charge in [-0.2, -0.15) is 0 Å². The van der Waals surface area contributed by atoms with E-state index in [1.54, 1.807) is 0 Å². The molecular weight excluding hydrogens is 659 g/mol. The lowest BCUT2D eigenvalue weighted by Crippen LogP contribution is -2.53. The van der Waals surface area contributed by atoms with Crippen molar-refractivity contribution in [2.45, 2.75) is 237 Å². The summed E-state index contributed by atoms with van der Waals surface area (Å²) in [5, 5.41) is 43.6. The van der Waals surface area contributed by atoms with Crippen LogP contribution in [0.5, 0.6) is 0 Å². The molecule has 310 valence electrons. The van der Waals surface area contributed by atoms with Gasteiger partial charge in [0.1, 0.15) is 12.2 Å². The van der Waals surface area contributed by atoms with E-state index >= 15 is 0 Å². The van der Waals surface area contributed by atoms with Crippen molar-refractivity contribution in [3.05, 3.63) is 48.6 Å². The number of allylic oxidation sites excluding steroid dienone is 8. The molecule has 0 aromatic heterocycles. The summed E-state index contributed by atoms with van der Waals surface area (Å²) in [6, 6.07) is -1.02. The number of carbonyl (C=O) groups is 1. The molecule has 0 fully saturated rings. The number of nitrogens with one attached hydrogen (secondary N) is 1. The maximum absolute atomic E-state index is 12.5. The van der Waals surface area contributed by atoms with E-state index in [2.05, 4.69) is 67.8 Å². The minimum Gasteiger partial charge on any atom is -0.394 e. The van der Waals surface area contributed by atoms with E-state index < -0.39 is 36.9 Å². The topological polar surface area (TPSA) is 110 Å². The minimum atomic E-state index is -1.30. The van der Waals surface area contributed by atoms with E-state index in [0.29, 0.717) is 19.3 Å². The highest BCUT2D eigenvalue weighted by atomic mass is 16.3. The Bertz CT molecular complexity index is 884. The minimum absolute atomic E-state index is 0.343. The molecule has 0 aromatic rings. The van der Waals surface area contributed by atoms with E-state index in [-0.39, 0.29) is 0 Å². The van der Waals surface area contributed by atoms with Crippen molar-refractivity contribution in [2.24, 2.45) is 0 Å². The zero-order valence-corrected chi connectivity index (χ0v) is 34.8. The molecule has 53 heavy (non-hydrogen) atoms. The maximum Gasteiger partial charge on any atom is 0.249 e. The molecule has 0 aliphatic rings. The highest BCUT2D eigenvalue weighted by molar-refractivity contribution is 5.80. The van der Waals surface area contributed by atoms with Gasteiger partial charge in [-0.1, -0.05) is 172 Å². The lowest BCUT2D eigenvalue weighted by atomic mass is 10.00. The second kappa shape index (κ2) is 41.4. The lowest BCUT2D eigenvalue weighted by molar-refractivity contribution is -0.132. The molecule has 0 saturated heterocycles. The van der Waals surface area contributed by atoms with Crippen LogP contribution in [0.25, 0.3) is 0 Å². The first-order valence-electron chi connectivity index (χ1n) is 22.5. The number of hydrogen-bond acceptors (Lipinski definition) is 5. The van der Waals surface area contributed by atoms with Gasteiger partial charge in [0.25, 0.3) is 0 Å². The SMILES string of the molecule is CCCCCCCCC/C=C/CC/C=C/CC/C=C/CCCC(O)C(O)C(CO)NC(=O)C(O)CCCCCC/C=C\CCCCCCCCCCC. The molecule has 4 atom stereocenters. The largest absolute Gasteiger partial charge is 0.394 e. The van der Waals surface area contributed by atoms with Crippen molar-refractivity contribution in [1.82, 2.24) is 5.32 Å². The smallest absolute Gasteiger partial charge is 0.249 e.